The highest BCUT2D eigenvalue weighted by Crippen LogP contribution is 2.13. The van der Waals surface area contributed by atoms with Gasteiger partial charge in [0, 0.05) is 18.8 Å². The molecule has 1 fully saturated rings. The third-order valence-electron chi connectivity index (χ3n) is 2.95. The van der Waals surface area contributed by atoms with Crippen LogP contribution in [0.3, 0.4) is 0 Å². The van der Waals surface area contributed by atoms with Gasteiger partial charge in [-0.25, -0.2) is 4.79 Å². The molecule has 0 spiro atoms. The van der Waals surface area contributed by atoms with Gasteiger partial charge >= 0.3 is 6.03 Å². The van der Waals surface area contributed by atoms with E-state index in [1.807, 2.05) is 36.1 Å². The number of nitrogens with zero attached hydrogens (tertiary/aromatic N) is 1. The summed E-state index contributed by atoms with van der Waals surface area (Å²) in [6.45, 7) is 3.81. The Bertz CT molecular complexity index is 353. The van der Waals surface area contributed by atoms with Crippen molar-refractivity contribution >= 4 is 11.7 Å². The molecule has 0 atom stereocenters. The number of anilines is 1. The Morgan fingerprint density at radius 2 is 1.75 bits per heavy atom. The summed E-state index contributed by atoms with van der Waals surface area (Å²) in [5.41, 5.74) is 2.08. The third-order valence-corrected chi connectivity index (χ3v) is 2.95. The monoisotopic (exact) mass is 218 g/mol. The minimum Gasteiger partial charge on any atom is -0.325 e. The SMILES string of the molecule is Cc1ccc(NC(=O)N2CCCCC2)cc1. The second-order valence-corrected chi connectivity index (χ2v) is 4.34. The summed E-state index contributed by atoms with van der Waals surface area (Å²) in [7, 11) is 0. The van der Waals surface area contributed by atoms with Crippen LogP contribution >= 0.6 is 0 Å². The van der Waals surface area contributed by atoms with Gasteiger partial charge < -0.3 is 10.2 Å². The molecule has 1 aromatic carbocycles. The summed E-state index contributed by atoms with van der Waals surface area (Å²) in [5, 5.41) is 2.93. The fourth-order valence-corrected chi connectivity index (χ4v) is 1.94. The van der Waals surface area contributed by atoms with Gasteiger partial charge in [-0.05, 0) is 38.3 Å². The Morgan fingerprint density at radius 3 is 2.38 bits per heavy atom. The minimum atomic E-state index is 0.0311. The third kappa shape index (κ3) is 2.75. The lowest BCUT2D eigenvalue weighted by Crippen LogP contribution is -2.38. The van der Waals surface area contributed by atoms with Crippen LogP contribution in [-0.2, 0) is 0 Å². The lowest BCUT2D eigenvalue weighted by atomic mass is 10.1. The van der Waals surface area contributed by atoms with Gasteiger partial charge in [0.1, 0.15) is 0 Å². The molecule has 1 N–H and O–H groups in total. The maximum absolute atomic E-state index is 11.9. The van der Waals surface area contributed by atoms with E-state index < -0.39 is 0 Å². The molecule has 16 heavy (non-hydrogen) atoms. The van der Waals surface area contributed by atoms with Gasteiger partial charge in [-0.3, -0.25) is 0 Å². The van der Waals surface area contributed by atoms with E-state index in [9.17, 15) is 4.79 Å². The molecule has 1 aliphatic heterocycles. The summed E-state index contributed by atoms with van der Waals surface area (Å²) >= 11 is 0. The summed E-state index contributed by atoms with van der Waals surface area (Å²) in [6.07, 6.45) is 3.50. The minimum absolute atomic E-state index is 0.0311. The first-order valence-electron chi connectivity index (χ1n) is 5.88. The number of hydrogen-bond donors (Lipinski definition) is 1. The van der Waals surface area contributed by atoms with E-state index in [4.69, 9.17) is 0 Å². The van der Waals surface area contributed by atoms with Crippen LogP contribution in [0.25, 0.3) is 0 Å². The maximum atomic E-state index is 11.9. The summed E-state index contributed by atoms with van der Waals surface area (Å²) < 4.78 is 0. The quantitative estimate of drug-likeness (QED) is 0.772. The average Bonchev–Trinajstić information content (AvgIpc) is 2.33. The molecule has 1 saturated heterocycles. The Morgan fingerprint density at radius 1 is 1.12 bits per heavy atom. The summed E-state index contributed by atoms with van der Waals surface area (Å²) in [4.78, 5) is 13.8. The number of rotatable bonds is 1. The highest BCUT2D eigenvalue weighted by Gasteiger charge is 2.15. The summed E-state index contributed by atoms with van der Waals surface area (Å²) in [5.74, 6) is 0. The van der Waals surface area contributed by atoms with Crippen LogP contribution in [0.15, 0.2) is 24.3 Å². The molecule has 86 valence electrons. The molecule has 3 nitrogen and oxygen atoms in total. The second kappa shape index (κ2) is 5.01. The lowest BCUT2D eigenvalue weighted by molar-refractivity contribution is 0.200. The normalized spacial score (nSPS) is 15.9. The van der Waals surface area contributed by atoms with Gasteiger partial charge in [-0.2, -0.15) is 0 Å². The van der Waals surface area contributed by atoms with Crippen molar-refractivity contribution in [2.45, 2.75) is 26.2 Å². The number of piperidine rings is 1. The van der Waals surface area contributed by atoms with Gasteiger partial charge in [0.2, 0.25) is 0 Å². The van der Waals surface area contributed by atoms with E-state index in [0.717, 1.165) is 31.6 Å². The standard InChI is InChI=1S/C13H18N2O/c1-11-5-7-12(8-6-11)14-13(16)15-9-3-2-4-10-15/h5-8H,2-4,9-10H2,1H3,(H,14,16). The first-order chi connectivity index (χ1) is 7.75. The largest absolute Gasteiger partial charge is 0.325 e. The number of hydrogen-bond acceptors (Lipinski definition) is 1. The van der Waals surface area contributed by atoms with Crippen molar-refractivity contribution in [2.75, 3.05) is 18.4 Å². The Hall–Kier alpha value is -1.51. The van der Waals surface area contributed by atoms with Crippen molar-refractivity contribution in [3.05, 3.63) is 29.8 Å². The molecular formula is C13H18N2O. The van der Waals surface area contributed by atoms with Crippen molar-refractivity contribution in [1.82, 2.24) is 4.90 Å². The van der Waals surface area contributed by atoms with Crippen LogP contribution in [0, 0.1) is 6.92 Å². The van der Waals surface area contributed by atoms with Crippen molar-refractivity contribution in [2.24, 2.45) is 0 Å². The predicted octanol–water partition coefficient (Wildman–Crippen LogP) is 3.01. The number of amides is 2. The molecule has 0 unspecified atom stereocenters. The van der Waals surface area contributed by atoms with Crippen molar-refractivity contribution in [3.63, 3.8) is 0 Å². The Labute approximate surface area is 96.5 Å². The second-order valence-electron chi connectivity index (χ2n) is 4.34. The fourth-order valence-electron chi connectivity index (χ4n) is 1.94. The van der Waals surface area contributed by atoms with Crippen LogP contribution < -0.4 is 5.32 Å². The molecule has 1 heterocycles. The topological polar surface area (TPSA) is 32.3 Å². The zero-order valence-corrected chi connectivity index (χ0v) is 9.70. The molecule has 0 bridgehead atoms. The van der Waals surface area contributed by atoms with Gasteiger partial charge in [0.15, 0.2) is 0 Å². The molecule has 2 rings (SSSR count). The van der Waals surface area contributed by atoms with E-state index in [1.165, 1.54) is 12.0 Å². The molecule has 0 aromatic heterocycles. The maximum Gasteiger partial charge on any atom is 0.321 e. The Balaban J connectivity index is 1.93. The molecule has 3 heteroatoms. The molecule has 1 aromatic rings. The van der Waals surface area contributed by atoms with Gasteiger partial charge in [0.05, 0.1) is 0 Å². The van der Waals surface area contributed by atoms with Crippen molar-refractivity contribution in [3.8, 4) is 0 Å². The smallest absolute Gasteiger partial charge is 0.321 e. The zero-order chi connectivity index (χ0) is 11.4. The van der Waals surface area contributed by atoms with E-state index in [2.05, 4.69) is 5.32 Å². The highest BCUT2D eigenvalue weighted by atomic mass is 16.2. The van der Waals surface area contributed by atoms with E-state index in [1.54, 1.807) is 0 Å². The predicted molar refractivity (Wildman–Crippen MR) is 65.6 cm³/mol. The number of carbonyl (C=O) groups excluding carboxylic acids is 1. The highest BCUT2D eigenvalue weighted by molar-refractivity contribution is 5.89. The van der Waals surface area contributed by atoms with E-state index in [-0.39, 0.29) is 6.03 Å². The van der Waals surface area contributed by atoms with Crippen LogP contribution in [0.4, 0.5) is 10.5 Å². The van der Waals surface area contributed by atoms with Crippen LogP contribution in [0.2, 0.25) is 0 Å². The number of urea groups is 1. The summed E-state index contributed by atoms with van der Waals surface area (Å²) in [6, 6.07) is 7.93. The van der Waals surface area contributed by atoms with Crippen molar-refractivity contribution in [1.29, 1.82) is 0 Å². The van der Waals surface area contributed by atoms with E-state index >= 15 is 0 Å². The average molecular weight is 218 g/mol. The van der Waals surface area contributed by atoms with Crippen LogP contribution in [0.5, 0.6) is 0 Å². The Kier molecular flexibility index (Phi) is 3.44. The number of carbonyl (C=O) groups is 1. The fraction of sp³-hybridized carbons (Fsp3) is 0.462. The van der Waals surface area contributed by atoms with Gasteiger partial charge in [-0.1, -0.05) is 17.7 Å². The molecule has 0 saturated carbocycles. The molecule has 2 amide bonds. The van der Waals surface area contributed by atoms with Gasteiger partial charge in [-0.15, -0.1) is 0 Å². The number of likely N-dealkylation sites (tertiary alicyclic amines) is 1. The number of benzene rings is 1. The molecule has 1 aliphatic rings. The number of aryl methyl sites for hydroxylation is 1. The molecule has 0 aliphatic carbocycles. The van der Waals surface area contributed by atoms with Gasteiger partial charge in [0.25, 0.3) is 0 Å². The first kappa shape index (κ1) is 11.0. The lowest BCUT2D eigenvalue weighted by Gasteiger charge is -2.26. The van der Waals surface area contributed by atoms with Crippen LogP contribution in [0.1, 0.15) is 24.8 Å². The first-order valence-corrected chi connectivity index (χ1v) is 5.88. The molecule has 0 radical (unpaired) electrons. The van der Waals surface area contributed by atoms with Crippen LogP contribution in [-0.4, -0.2) is 24.0 Å². The van der Waals surface area contributed by atoms with Crippen molar-refractivity contribution < 1.29 is 4.79 Å². The number of nitrogens with one attached hydrogen (secondary N) is 1. The zero-order valence-electron chi connectivity index (χ0n) is 9.70. The van der Waals surface area contributed by atoms with E-state index in [0.29, 0.717) is 0 Å². The molecular weight excluding hydrogens is 200 g/mol.